The van der Waals surface area contributed by atoms with E-state index in [0.29, 0.717) is 28.6 Å². The molecule has 0 saturated heterocycles. The van der Waals surface area contributed by atoms with Gasteiger partial charge in [0.2, 0.25) is 0 Å². The Hall–Kier alpha value is -1.46. The maximum absolute atomic E-state index is 12.4. The molecular formula is C15H22ClN3O2. The van der Waals surface area contributed by atoms with Crippen LogP contribution in [0.5, 0.6) is 5.75 Å². The summed E-state index contributed by atoms with van der Waals surface area (Å²) < 4.78 is 5.21. The van der Waals surface area contributed by atoms with Crippen molar-refractivity contribution < 1.29 is 9.53 Å². The topological polar surface area (TPSA) is 67.6 Å². The number of methoxy groups -OCH3 is 1. The number of nitrogens with zero attached hydrogens (tertiary/aromatic N) is 1. The number of likely N-dealkylation sites (N-methyl/N-ethyl adjacent to an activating group) is 1. The molecule has 0 aliphatic heterocycles. The normalized spacial score (nSPS) is 16.4. The fourth-order valence-corrected chi connectivity index (χ4v) is 2.79. The zero-order valence-electron chi connectivity index (χ0n) is 12.7. The van der Waals surface area contributed by atoms with Gasteiger partial charge in [0.25, 0.3) is 5.91 Å². The molecule has 0 bridgehead atoms. The number of rotatable bonds is 5. The SMILES string of the molecule is COc1cc(N)c(Cl)cc1C(=O)NCC1(N(C)C)CCC1. The van der Waals surface area contributed by atoms with Crippen LogP contribution in [0.1, 0.15) is 29.6 Å². The van der Waals surface area contributed by atoms with E-state index in [4.69, 9.17) is 22.1 Å². The van der Waals surface area contributed by atoms with E-state index < -0.39 is 0 Å². The Labute approximate surface area is 130 Å². The molecule has 1 saturated carbocycles. The van der Waals surface area contributed by atoms with Crippen LogP contribution in [-0.4, -0.2) is 44.1 Å². The fourth-order valence-electron chi connectivity index (χ4n) is 2.62. The number of nitrogens with one attached hydrogen (secondary N) is 1. The Morgan fingerprint density at radius 3 is 2.62 bits per heavy atom. The maximum Gasteiger partial charge on any atom is 0.255 e. The Kier molecular flexibility index (Phi) is 4.64. The van der Waals surface area contributed by atoms with Crippen LogP contribution in [0.2, 0.25) is 5.02 Å². The lowest BCUT2D eigenvalue weighted by Gasteiger charge is -2.47. The average molecular weight is 312 g/mol. The van der Waals surface area contributed by atoms with Crippen LogP contribution in [0.25, 0.3) is 0 Å². The Balaban J connectivity index is 2.12. The molecule has 0 unspecified atom stereocenters. The number of halogens is 1. The minimum atomic E-state index is -0.193. The van der Waals surface area contributed by atoms with E-state index in [2.05, 4.69) is 10.2 Å². The summed E-state index contributed by atoms with van der Waals surface area (Å²) in [4.78, 5) is 14.6. The molecule has 0 atom stereocenters. The summed E-state index contributed by atoms with van der Waals surface area (Å²) in [6, 6.07) is 3.12. The number of amides is 1. The summed E-state index contributed by atoms with van der Waals surface area (Å²) in [6.45, 7) is 0.615. The van der Waals surface area contributed by atoms with Gasteiger partial charge in [0, 0.05) is 18.2 Å². The molecule has 2 rings (SSSR count). The van der Waals surface area contributed by atoms with E-state index in [9.17, 15) is 4.79 Å². The number of nitrogens with two attached hydrogens (primary N) is 1. The van der Waals surface area contributed by atoms with Gasteiger partial charge in [-0.25, -0.2) is 0 Å². The van der Waals surface area contributed by atoms with Crippen molar-refractivity contribution in [1.82, 2.24) is 10.2 Å². The number of anilines is 1. The maximum atomic E-state index is 12.4. The van der Waals surface area contributed by atoms with Crippen molar-refractivity contribution in [2.45, 2.75) is 24.8 Å². The highest BCUT2D eigenvalue weighted by Gasteiger charge is 2.39. The molecule has 6 heteroatoms. The highest BCUT2D eigenvalue weighted by Crippen LogP contribution is 2.35. The first-order valence-electron chi connectivity index (χ1n) is 6.98. The van der Waals surface area contributed by atoms with E-state index in [-0.39, 0.29) is 11.4 Å². The van der Waals surface area contributed by atoms with E-state index in [1.165, 1.54) is 13.5 Å². The predicted octanol–water partition coefficient (Wildman–Crippen LogP) is 2.14. The highest BCUT2D eigenvalue weighted by molar-refractivity contribution is 6.33. The van der Waals surface area contributed by atoms with Gasteiger partial charge in [-0.3, -0.25) is 4.79 Å². The van der Waals surface area contributed by atoms with Gasteiger partial charge in [-0.05, 0) is 39.4 Å². The van der Waals surface area contributed by atoms with Gasteiger partial charge in [0.05, 0.1) is 23.4 Å². The number of benzene rings is 1. The second-order valence-corrected chi connectivity index (χ2v) is 6.14. The van der Waals surface area contributed by atoms with Crippen LogP contribution in [-0.2, 0) is 0 Å². The molecule has 1 amide bonds. The number of hydrogen-bond acceptors (Lipinski definition) is 4. The summed E-state index contributed by atoms with van der Waals surface area (Å²) in [5, 5.41) is 3.34. The lowest BCUT2D eigenvalue weighted by Crippen LogP contribution is -2.57. The van der Waals surface area contributed by atoms with Crippen LogP contribution in [0.3, 0.4) is 0 Å². The van der Waals surface area contributed by atoms with Crippen LogP contribution < -0.4 is 15.8 Å². The van der Waals surface area contributed by atoms with Gasteiger partial charge in [-0.1, -0.05) is 11.6 Å². The van der Waals surface area contributed by atoms with Crippen molar-refractivity contribution in [1.29, 1.82) is 0 Å². The van der Waals surface area contributed by atoms with Gasteiger partial charge in [0.15, 0.2) is 0 Å². The number of nitrogen functional groups attached to an aromatic ring is 1. The molecular weight excluding hydrogens is 290 g/mol. The third-order valence-corrected chi connectivity index (χ3v) is 4.70. The first-order chi connectivity index (χ1) is 9.89. The molecule has 0 aromatic heterocycles. The third-order valence-electron chi connectivity index (χ3n) is 4.37. The van der Waals surface area contributed by atoms with E-state index >= 15 is 0 Å². The van der Waals surface area contributed by atoms with Crippen molar-refractivity contribution in [3.05, 3.63) is 22.7 Å². The minimum absolute atomic E-state index is 0.0699. The predicted molar refractivity (Wildman–Crippen MR) is 85.0 cm³/mol. The largest absolute Gasteiger partial charge is 0.496 e. The Morgan fingerprint density at radius 2 is 2.14 bits per heavy atom. The molecule has 0 heterocycles. The molecule has 1 fully saturated rings. The van der Waals surface area contributed by atoms with E-state index in [0.717, 1.165) is 12.8 Å². The Morgan fingerprint density at radius 1 is 1.48 bits per heavy atom. The van der Waals surface area contributed by atoms with Crippen molar-refractivity contribution in [2.75, 3.05) is 33.5 Å². The van der Waals surface area contributed by atoms with E-state index in [1.54, 1.807) is 12.1 Å². The second kappa shape index (κ2) is 6.12. The van der Waals surface area contributed by atoms with Gasteiger partial charge < -0.3 is 20.7 Å². The van der Waals surface area contributed by atoms with Gasteiger partial charge in [-0.15, -0.1) is 0 Å². The standard InChI is InChI=1S/C15H22ClN3O2/c1-19(2)15(5-4-6-15)9-18-14(20)10-7-11(16)12(17)8-13(10)21-3/h7-8H,4-6,9,17H2,1-3H3,(H,18,20). The smallest absolute Gasteiger partial charge is 0.255 e. The van der Waals surface area contributed by atoms with Gasteiger partial charge in [0.1, 0.15) is 5.75 Å². The molecule has 116 valence electrons. The van der Waals surface area contributed by atoms with Crippen LogP contribution >= 0.6 is 11.6 Å². The molecule has 21 heavy (non-hydrogen) atoms. The van der Waals surface area contributed by atoms with Crippen molar-refractivity contribution in [2.24, 2.45) is 0 Å². The molecule has 1 aromatic rings. The molecule has 0 radical (unpaired) electrons. The van der Waals surface area contributed by atoms with Crippen molar-refractivity contribution in [3.63, 3.8) is 0 Å². The molecule has 1 aliphatic carbocycles. The third kappa shape index (κ3) is 3.09. The summed E-state index contributed by atoms with van der Waals surface area (Å²) in [6.07, 6.45) is 3.39. The molecule has 1 aliphatic rings. The van der Waals surface area contributed by atoms with Crippen LogP contribution in [0, 0.1) is 0 Å². The zero-order valence-corrected chi connectivity index (χ0v) is 13.5. The fraction of sp³-hybridized carbons (Fsp3) is 0.533. The number of hydrogen-bond donors (Lipinski definition) is 2. The van der Waals surface area contributed by atoms with Crippen molar-refractivity contribution in [3.8, 4) is 5.75 Å². The number of ether oxygens (including phenoxy) is 1. The first kappa shape index (κ1) is 15.9. The lowest BCUT2D eigenvalue weighted by molar-refractivity contribution is 0.0557. The molecule has 1 aromatic carbocycles. The summed E-state index contributed by atoms with van der Waals surface area (Å²) in [5.41, 5.74) is 6.60. The van der Waals surface area contributed by atoms with E-state index in [1.807, 2.05) is 14.1 Å². The van der Waals surface area contributed by atoms with Gasteiger partial charge >= 0.3 is 0 Å². The van der Waals surface area contributed by atoms with Crippen molar-refractivity contribution >= 4 is 23.2 Å². The number of carbonyl (C=O) groups excluding carboxylic acids is 1. The summed E-state index contributed by atoms with van der Waals surface area (Å²) in [7, 11) is 5.60. The second-order valence-electron chi connectivity index (χ2n) is 5.73. The molecule has 0 spiro atoms. The highest BCUT2D eigenvalue weighted by atomic mass is 35.5. The molecule has 3 N–H and O–H groups in total. The van der Waals surface area contributed by atoms with Crippen LogP contribution in [0.4, 0.5) is 5.69 Å². The minimum Gasteiger partial charge on any atom is -0.496 e. The van der Waals surface area contributed by atoms with Crippen LogP contribution in [0.15, 0.2) is 12.1 Å². The summed E-state index contributed by atoms with van der Waals surface area (Å²) in [5.74, 6) is 0.240. The van der Waals surface area contributed by atoms with Gasteiger partial charge in [-0.2, -0.15) is 0 Å². The summed E-state index contributed by atoms with van der Waals surface area (Å²) >= 11 is 6.00. The number of carbonyl (C=O) groups is 1. The molecule has 5 nitrogen and oxygen atoms in total. The zero-order chi connectivity index (χ0) is 15.6. The average Bonchev–Trinajstić information content (AvgIpc) is 2.39. The monoisotopic (exact) mass is 311 g/mol. The quantitative estimate of drug-likeness (QED) is 0.818. The lowest BCUT2D eigenvalue weighted by atomic mass is 9.75. The Bertz CT molecular complexity index is 542. The first-order valence-corrected chi connectivity index (χ1v) is 7.36.